The van der Waals surface area contributed by atoms with Gasteiger partial charge in [-0.1, -0.05) is 36.4 Å². The van der Waals surface area contributed by atoms with Gasteiger partial charge in [0.15, 0.2) is 0 Å². The molecule has 2 heterocycles. The van der Waals surface area contributed by atoms with Gasteiger partial charge in [-0.2, -0.15) is 0 Å². The van der Waals surface area contributed by atoms with Crippen LogP contribution in [0.4, 0.5) is 4.79 Å². The summed E-state index contributed by atoms with van der Waals surface area (Å²) in [5, 5.41) is 10.6. The molecule has 0 saturated carbocycles. The number of amides is 1. The van der Waals surface area contributed by atoms with Crippen molar-refractivity contribution in [2.75, 3.05) is 19.7 Å². The lowest BCUT2D eigenvalue weighted by Crippen LogP contribution is -2.47. The highest BCUT2D eigenvalue weighted by Gasteiger charge is 2.33. The van der Waals surface area contributed by atoms with E-state index < -0.39 is 11.7 Å². The number of nitrogens with zero attached hydrogens (tertiary/aromatic N) is 2. The first-order chi connectivity index (χ1) is 14.3. The fourth-order valence-electron chi connectivity index (χ4n) is 3.56. The molecule has 0 aliphatic carbocycles. The number of aliphatic hydroxyl groups excluding tert-OH is 1. The van der Waals surface area contributed by atoms with Crippen LogP contribution in [0.1, 0.15) is 49.9 Å². The van der Waals surface area contributed by atoms with Gasteiger partial charge < -0.3 is 19.5 Å². The Balaban J connectivity index is 1.46. The van der Waals surface area contributed by atoms with Crippen LogP contribution in [-0.2, 0) is 22.5 Å². The molecule has 3 rings (SSSR count). The van der Waals surface area contributed by atoms with E-state index >= 15 is 0 Å². The molecular weight excluding hydrogens is 380 g/mol. The Morgan fingerprint density at radius 2 is 1.97 bits per heavy atom. The van der Waals surface area contributed by atoms with Gasteiger partial charge in [-0.25, -0.2) is 4.79 Å². The predicted octanol–water partition coefficient (Wildman–Crippen LogP) is 3.93. The minimum absolute atomic E-state index is 0.0282. The Hall–Kier alpha value is -2.44. The maximum atomic E-state index is 12.2. The number of rotatable bonds is 6. The van der Waals surface area contributed by atoms with Crippen LogP contribution >= 0.6 is 0 Å². The summed E-state index contributed by atoms with van der Waals surface area (Å²) in [5.41, 5.74) is 2.59. The molecule has 2 atom stereocenters. The zero-order chi connectivity index (χ0) is 21.6. The smallest absolute Gasteiger partial charge is 0.410 e. The van der Waals surface area contributed by atoms with Gasteiger partial charge in [0, 0.05) is 30.8 Å². The average molecular weight is 413 g/mol. The van der Waals surface area contributed by atoms with E-state index in [0.29, 0.717) is 26.2 Å². The highest BCUT2D eigenvalue weighted by molar-refractivity contribution is 5.68. The molecule has 1 fully saturated rings. The fourth-order valence-corrected chi connectivity index (χ4v) is 3.56. The maximum Gasteiger partial charge on any atom is 0.410 e. The molecule has 1 saturated heterocycles. The van der Waals surface area contributed by atoms with Gasteiger partial charge in [-0.3, -0.25) is 4.98 Å². The molecule has 30 heavy (non-hydrogen) atoms. The van der Waals surface area contributed by atoms with Crippen molar-refractivity contribution in [3.8, 4) is 0 Å². The van der Waals surface area contributed by atoms with Crippen molar-refractivity contribution in [3.05, 3.63) is 65.5 Å². The highest BCUT2D eigenvalue weighted by atomic mass is 16.6. The van der Waals surface area contributed by atoms with Crippen LogP contribution in [0.3, 0.4) is 0 Å². The normalized spacial score (nSPS) is 19.5. The number of aliphatic hydroxyl groups is 1. The van der Waals surface area contributed by atoms with E-state index in [-0.39, 0.29) is 18.6 Å². The number of likely N-dealkylation sites (tertiary alicyclic amines) is 1. The van der Waals surface area contributed by atoms with Gasteiger partial charge >= 0.3 is 6.09 Å². The second-order valence-corrected chi connectivity index (χ2v) is 8.76. The standard InChI is InChI=1S/C24H32N2O4/c1-24(2,3)30-23(28)26-13-11-21(22(27)16-26)19-9-10-20(25-15-19)12-14-29-17-18-7-5-4-6-8-18/h4-10,15,21-22,27H,11-14,16-17H2,1-3H3. The van der Waals surface area contributed by atoms with E-state index in [1.807, 2.05) is 69.4 Å². The Morgan fingerprint density at radius 3 is 2.60 bits per heavy atom. The summed E-state index contributed by atoms with van der Waals surface area (Å²) in [5.74, 6) is -0.0282. The number of carbonyl (C=O) groups is 1. The first kappa shape index (κ1) is 22.2. The van der Waals surface area contributed by atoms with Crippen LogP contribution in [0, 0.1) is 0 Å². The Morgan fingerprint density at radius 1 is 1.20 bits per heavy atom. The molecule has 6 heteroatoms. The maximum absolute atomic E-state index is 12.2. The predicted molar refractivity (Wildman–Crippen MR) is 115 cm³/mol. The third-order valence-electron chi connectivity index (χ3n) is 5.12. The van der Waals surface area contributed by atoms with E-state index in [9.17, 15) is 9.90 Å². The van der Waals surface area contributed by atoms with Gasteiger partial charge in [0.1, 0.15) is 5.60 Å². The summed E-state index contributed by atoms with van der Waals surface area (Å²) in [6.07, 6.45) is 2.26. The number of carbonyl (C=O) groups excluding carboxylic acids is 1. The van der Waals surface area contributed by atoms with E-state index in [2.05, 4.69) is 4.98 Å². The minimum Gasteiger partial charge on any atom is -0.444 e. The van der Waals surface area contributed by atoms with Crippen LogP contribution in [0.15, 0.2) is 48.7 Å². The molecule has 0 bridgehead atoms. The van der Waals surface area contributed by atoms with Crippen molar-refractivity contribution in [3.63, 3.8) is 0 Å². The van der Waals surface area contributed by atoms with Gasteiger partial charge in [-0.15, -0.1) is 0 Å². The van der Waals surface area contributed by atoms with Crippen molar-refractivity contribution in [2.24, 2.45) is 0 Å². The number of hydrogen-bond acceptors (Lipinski definition) is 5. The fraction of sp³-hybridized carbons (Fsp3) is 0.500. The molecule has 1 aromatic heterocycles. The van der Waals surface area contributed by atoms with E-state index in [1.54, 1.807) is 4.90 Å². The first-order valence-electron chi connectivity index (χ1n) is 10.5. The van der Waals surface area contributed by atoms with Crippen LogP contribution in [0.25, 0.3) is 0 Å². The molecule has 1 amide bonds. The number of ether oxygens (including phenoxy) is 2. The van der Waals surface area contributed by atoms with Crippen molar-refractivity contribution >= 4 is 6.09 Å². The second kappa shape index (κ2) is 10.0. The van der Waals surface area contributed by atoms with Gasteiger partial charge in [0.25, 0.3) is 0 Å². The summed E-state index contributed by atoms with van der Waals surface area (Å²) < 4.78 is 11.1. The molecule has 2 aromatic rings. The first-order valence-corrected chi connectivity index (χ1v) is 10.5. The van der Waals surface area contributed by atoms with Crippen LogP contribution < -0.4 is 0 Å². The van der Waals surface area contributed by atoms with E-state index in [0.717, 1.165) is 23.2 Å². The van der Waals surface area contributed by atoms with Crippen LogP contribution in [0.2, 0.25) is 0 Å². The van der Waals surface area contributed by atoms with Crippen LogP contribution in [-0.4, -0.2) is 52.5 Å². The molecule has 6 nitrogen and oxygen atoms in total. The molecule has 2 unspecified atom stereocenters. The number of piperidine rings is 1. The lowest BCUT2D eigenvalue weighted by Gasteiger charge is -2.36. The minimum atomic E-state index is -0.631. The zero-order valence-corrected chi connectivity index (χ0v) is 18.1. The zero-order valence-electron chi connectivity index (χ0n) is 18.1. The molecular formula is C24H32N2O4. The number of benzene rings is 1. The van der Waals surface area contributed by atoms with Gasteiger partial charge in [-0.05, 0) is 44.4 Å². The van der Waals surface area contributed by atoms with E-state index in [1.165, 1.54) is 0 Å². The Labute approximate surface area is 178 Å². The third-order valence-corrected chi connectivity index (χ3v) is 5.12. The van der Waals surface area contributed by atoms with Crippen molar-refractivity contribution in [1.29, 1.82) is 0 Å². The lowest BCUT2D eigenvalue weighted by atomic mass is 9.88. The number of pyridine rings is 1. The van der Waals surface area contributed by atoms with Crippen molar-refractivity contribution in [1.82, 2.24) is 9.88 Å². The summed E-state index contributed by atoms with van der Waals surface area (Å²) in [6, 6.07) is 14.1. The third kappa shape index (κ3) is 6.54. The molecule has 162 valence electrons. The molecule has 1 aliphatic heterocycles. The summed E-state index contributed by atoms with van der Waals surface area (Å²) in [4.78, 5) is 18.4. The quantitative estimate of drug-likeness (QED) is 0.728. The lowest BCUT2D eigenvalue weighted by molar-refractivity contribution is -0.00154. The molecule has 1 aliphatic rings. The number of β-amino-alcohol motifs (C(OH)–C–C–N with tert-alkyl or cyclic N) is 1. The van der Waals surface area contributed by atoms with Crippen molar-refractivity contribution < 1.29 is 19.4 Å². The molecule has 1 N–H and O–H groups in total. The topological polar surface area (TPSA) is 71.9 Å². The summed E-state index contributed by atoms with van der Waals surface area (Å²) >= 11 is 0. The SMILES string of the molecule is CC(C)(C)OC(=O)N1CCC(c2ccc(CCOCc3ccccc3)nc2)C(O)C1. The Bertz CT molecular complexity index is 802. The monoisotopic (exact) mass is 412 g/mol. The summed E-state index contributed by atoms with van der Waals surface area (Å²) in [7, 11) is 0. The van der Waals surface area contributed by atoms with Crippen LogP contribution in [0.5, 0.6) is 0 Å². The summed E-state index contributed by atoms with van der Waals surface area (Å²) in [6.45, 7) is 7.57. The second-order valence-electron chi connectivity index (χ2n) is 8.76. The Kier molecular flexibility index (Phi) is 7.45. The molecule has 0 radical (unpaired) electrons. The molecule has 0 spiro atoms. The van der Waals surface area contributed by atoms with Crippen molar-refractivity contribution in [2.45, 2.75) is 57.8 Å². The average Bonchev–Trinajstić information content (AvgIpc) is 2.71. The van der Waals surface area contributed by atoms with E-state index in [4.69, 9.17) is 9.47 Å². The number of aromatic nitrogens is 1. The van der Waals surface area contributed by atoms with Gasteiger partial charge in [0.05, 0.1) is 25.9 Å². The highest BCUT2D eigenvalue weighted by Crippen LogP contribution is 2.29. The largest absolute Gasteiger partial charge is 0.444 e. The number of hydrogen-bond donors (Lipinski definition) is 1. The molecule has 1 aromatic carbocycles. The van der Waals surface area contributed by atoms with Gasteiger partial charge in [0.2, 0.25) is 0 Å².